The highest BCUT2D eigenvalue weighted by Gasteiger charge is 2.35. The van der Waals surface area contributed by atoms with Gasteiger partial charge in [0.25, 0.3) is 0 Å². The third-order valence-electron chi connectivity index (χ3n) is 1.11. The Hall–Kier alpha value is -0.850. The van der Waals surface area contributed by atoms with Gasteiger partial charge in [-0.3, -0.25) is 9.42 Å². The standard InChI is InChI=1S/C5H11N3O7P2/c1-5(2)3-4-13-16(9,10)15-17(11,12)14-8-7-6/h3H,4H2,1-2H3,(H,9,10)(H,11,12). The fourth-order valence-corrected chi connectivity index (χ4v) is 2.27. The lowest BCUT2D eigenvalue weighted by atomic mass is 10.3. The first-order valence-electron chi connectivity index (χ1n) is 4.06. The number of phosphoric ester groups is 1. The molecule has 0 fully saturated rings. The Morgan fingerprint density at radius 1 is 1.41 bits per heavy atom. The monoisotopic (exact) mass is 287 g/mol. The summed E-state index contributed by atoms with van der Waals surface area (Å²) in [6.07, 6.45) is 1.45. The maximum atomic E-state index is 11.1. The van der Waals surface area contributed by atoms with Crippen LogP contribution in [-0.2, 0) is 22.6 Å². The number of allylic oxidation sites excluding steroid dienone is 1. The molecule has 0 amide bonds. The van der Waals surface area contributed by atoms with Gasteiger partial charge in [0, 0.05) is 4.91 Å². The van der Waals surface area contributed by atoms with Crippen molar-refractivity contribution in [1.82, 2.24) is 0 Å². The molecule has 0 radical (unpaired) electrons. The quantitative estimate of drug-likeness (QED) is 0.182. The largest absolute Gasteiger partial charge is 0.542 e. The van der Waals surface area contributed by atoms with Gasteiger partial charge in [-0.2, -0.15) is 4.31 Å². The Morgan fingerprint density at radius 3 is 2.47 bits per heavy atom. The van der Waals surface area contributed by atoms with Crippen molar-refractivity contribution in [2.24, 2.45) is 5.28 Å². The predicted molar refractivity (Wildman–Crippen MR) is 56.3 cm³/mol. The number of azide groups is 1. The van der Waals surface area contributed by atoms with Crippen molar-refractivity contribution in [3.63, 3.8) is 0 Å². The Bertz CT molecular complexity index is 425. The first-order valence-corrected chi connectivity index (χ1v) is 7.05. The molecule has 2 N–H and O–H groups in total. The minimum Gasteiger partial charge on any atom is -0.336 e. The average molecular weight is 287 g/mol. The molecular formula is C5H11N3O7P2. The van der Waals surface area contributed by atoms with Gasteiger partial charge in [-0.05, 0) is 19.4 Å². The summed E-state index contributed by atoms with van der Waals surface area (Å²) >= 11 is 0. The highest BCUT2D eigenvalue weighted by Crippen LogP contribution is 2.60. The van der Waals surface area contributed by atoms with E-state index in [9.17, 15) is 9.13 Å². The van der Waals surface area contributed by atoms with Crippen LogP contribution in [0.2, 0.25) is 0 Å². The summed E-state index contributed by atoms with van der Waals surface area (Å²) in [6.45, 7) is 3.14. The number of hydrogen-bond donors (Lipinski definition) is 2. The molecule has 0 aliphatic carbocycles. The molecule has 98 valence electrons. The molecular weight excluding hydrogens is 276 g/mol. The normalized spacial score (nSPS) is 17.2. The van der Waals surface area contributed by atoms with Crippen LogP contribution in [0.1, 0.15) is 13.8 Å². The highest BCUT2D eigenvalue weighted by molar-refractivity contribution is 7.61. The van der Waals surface area contributed by atoms with Crippen molar-refractivity contribution in [1.29, 1.82) is 0 Å². The number of rotatable bonds is 7. The fourth-order valence-electron chi connectivity index (χ4n) is 0.529. The van der Waals surface area contributed by atoms with Gasteiger partial charge in [0.05, 0.1) is 6.61 Å². The maximum Gasteiger partial charge on any atom is 0.542 e. The van der Waals surface area contributed by atoms with Gasteiger partial charge in [-0.1, -0.05) is 11.6 Å². The Balaban J connectivity index is 4.43. The molecule has 0 aromatic rings. The second-order valence-electron chi connectivity index (χ2n) is 2.85. The number of nitrogens with zero attached hydrogens (tertiary/aromatic N) is 3. The van der Waals surface area contributed by atoms with Crippen LogP contribution in [0, 0.1) is 0 Å². The lowest BCUT2D eigenvalue weighted by Crippen LogP contribution is -1.95. The van der Waals surface area contributed by atoms with Gasteiger partial charge < -0.3 is 9.52 Å². The van der Waals surface area contributed by atoms with E-state index in [1.807, 2.05) is 4.91 Å². The van der Waals surface area contributed by atoms with E-state index in [-0.39, 0.29) is 6.61 Å². The third kappa shape index (κ3) is 8.91. The second-order valence-corrected chi connectivity index (χ2v) is 5.80. The van der Waals surface area contributed by atoms with E-state index >= 15 is 0 Å². The summed E-state index contributed by atoms with van der Waals surface area (Å²) in [5, 5.41) is 2.28. The summed E-state index contributed by atoms with van der Waals surface area (Å²) in [7, 11) is -9.75. The lowest BCUT2D eigenvalue weighted by Gasteiger charge is -2.12. The molecule has 12 heteroatoms. The minimum absolute atomic E-state index is 0.294. The van der Waals surface area contributed by atoms with E-state index in [0.29, 0.717) is 0 Å². The molecule has 0 aliphatic rings. The van der Waals surface area contributed by atoms with Crippen molar-refractivity contribution in [2.75, 3.05) is 6.61 Å². The van der Waals surface area contributed by atoms with Crippen molar-refractivity contribution < 1.29 is 32.4 Å². The molecule has 0 saturated heterocycles. The van der Waals surface area contributed by atoms with Gasteiger partial charge in [0.1, 0.15) is 5.28 Å². The zero-order chi connectivity index (χ0) is 13.5. The minimum atomic E-state index is -4.97. The topological polar surface area (TPSA) is 151 Å². The molecule has 0 rings (SSSR count). The summed E-state index contributed by atoms with van der Waals surface area (Å²) < 4.78 is 33.7. The average Bonchev–Trinajstić information content (AvgIpc) is 2.12. The Labute approximate surface area is 96.6 Å². The first-order chi connectivity index (χ1) is 7.68. The predicted octanol–water partition coefficient (Wildman–Crippen LogP) is 2.43. The van der Waals surface area contributed by atoms with Gasteiger partial charge in [-0.25, -0.2) is 9.13 Å². The van der Waals surface area contributed by atoms with Crippen molar-refractivity contribution >= 4 is 15.6 Å². The molecule has 0 heterocycles. The smallest absolute Gasteiger partial charge is 0.336 e. The van der Waals surface area contributed by atoms with Gasteiger partial charge in [-0.15, -0.1) is 0 Å². The van der Waals surface area contributed by atoms with E-state index in [0.717, 1.165) is 5.57 Å². The van der Waals surface area contributed by atoms with Gasteiger partial charge in [0.2, 0.25) is 0 Å². The highest BCUT2D eigenvalue weighted by atomic mass is 31.3. The van der Waals surface area contributed by atoms with Crippen LogP contribution >= 0.6 is 15.6 Å². The zero-order valence-electron chi connectivity index (χ0n) is 8.96. The molecule has 17 heavy (non-hydrogen) atoms. The van der Waals surface area contributed by atoms with Crippen LogP contribution < -0.4 is 0 Å². The molecule has 2 unspecified atom stereocenters. The molecule has 0 aliphatic heterocycles. The maximum absolute atomic E-state index is 11.1. The van der Waals surface area contributed by atoms with Crippen LogP contribution in [-0.4, -0.2) is 16.4 Å². The second kappa shape index (κ2) is 6.78. The van der Waals surface area contributed by atoms with Crippen molar-refractivity contribution in [3.05, 3.63) is 22.1 Å². The van der Waals surface area contributed by atoms with Crippen LogP contribution in [0.3, 0.4) is 0 Å². The molecule has 0 aromatic carbocycles. The Morgan fingerprint density at radius 2 is 2.00 bits per heavy atom. The zero-order valence-corrected chi connectivity index (χ0v) is 10.7. The summed E-state index contributed by atoms with van der Waals surface area (Å²) in [6, 6.07) is 0. The van der Waals surface area contributed by atoms with Crippen LogP contribution in [0.25, 0.3) is 10.4 Å². The number of phosphoric acid groups is 2. The van der Waals surface area contributed by atoms with Gasteiger partial charge in [0.15, 0.2) is 0 Å². The molecule has 0 saturated carbocycles. The molecule has 0 aromatic heterocycles. The van der Waals surface area contributed by atoms with Crippen molar-refractivity contribution in [3.8, 4) is 0 Å². The third-order valence-corrected chi connectivity index (χ3v) is 3.52. The van der Waals surface area contributed by atoms with Crippen LogP contribution in [0.5, 0.6) is 0 Å². The van der Waals surface area contributed by atoms with Crippen molar-refractivity contribution in [2.45, 2.75) is 13.8 Å². The summed E-state index contributed by atoms with van der Waals surface area (Å²) in [4.78, 5) is 19.8. The molecule has 10 nitrogen and oxygen atoms in total. The first kappa shape index (κ1) is 16.1. The van der Waals surface area contributed by atoms with E-state index < -0.39 is 15.6 Å². The SMILES string of the molecule is CC(C)=CCOP(=O)(O)OP(=O)(O)ON=[N+]=[N-]. The van der Waals surface area contributed by atoms with Crippen LogP contribution in [0.4, 0.5) is 0 Å². The molecule has 2 atom stereocenters. The fraction of sp³-hybridized carbons (Fsp3) is 0.600. The van der Waals surface area contributed by atoms with E-state index in [1.54, 1.807) is 13.8 Å². The summed E-state index contributed by atoms with van der Waals surface area (Å²) in [5.74, 6) is 0. The summed E-state index contributed by atoms with van der Waals surface area (Å²) in [5.41, 5.74) is 8.61. The van der Waals surface area contributed by atoms with E-state index in [4.69, 9.17) is 15.3 Å². The lowest BCUT2D eigenvalue weighted by molar-refractivity contribution is 0.163. The van der Waals surface area contributed by atoms with Gasteiger partial charge >= 0.3 is 15.6 Å². The van der Waals surface area contributed by atoms with E-state index in [2.05, 4.69) is 18.7 Å². The van der Waals surface area contributed by atoms with E-state index in [1.165, 1.54) is 6.08 Å². The van der Waals surface area contributed by atoms with Crippen LogP contribution in [0.15, 0.2) is 16.9 Å². The molecule has 0 bridgehead atoms. The number of hydrogen-bond acceptors (Lipinski definition) is 6. The Kier molecular flexibility index (Phi) is 6.44. The molecule has 0 spiro atoms.